The summed E-state index contributed by atoms with van der Waals surface area (Å²) in [6.45, 7) is 1.42. The fraction of sp³-hybridized carbons (Fsp3) is 0.280. The third kappa shape index (κ3) is 4.68. The van der Waals surface area contributed by atoms with Gasteiger partial charge in [-0.05, 0) is 59.8 Å². The number of aliphatic hydroxyl groups is 1. The number of piperidine rings is 1. The van der Waals surface area contributed by atoms with E-state index in [1.807, 2.05) is 18.3 Å². The average Bonchev–Trinajstić information content (AvgIpc) is 3.53. The van der Waals surface area contributed by atoms with Crippen LogP contribution in [0, 0.1) is 5.82 Å². The molecule has 1 saturated heterocycles. The summed E-state index contributed by atoms with van der Waals surface area (Å²) in [5.74, 6) is 0.524. The molecule has 0 bridgehead atoms. The molecule has 3 unspecified atom stereocenters. The number of hydrogen-bond donors (Lipinski definition) is 1. The highest BCUT2D eigenvalue weighted by Gasteiger charge is 2.37. The lowest BCUT2D eigenvalue weighted by atomic mass is 9.90. The number of aromatic nitrogens is 3. The molecular formula is C25H25FN4O2S. The molecule has 0 aliphatic carbocycles. The predicted octanol–water partition coefficient (Wildman–Crippen LogP) is 4.70. The van der Waals surface area contributed by atoms with Crippen LogP contribution in [-0.2, 0) is 6.54 Å². The molecule has 0 amide bonds. The Hall–Kier alpha value is -3.07. The highest BCUT2D eigenvalue weighted by molar-refractivity contribution is 7.09. The highest BCUT2D eigenvalue weighted by Crippen LogP contribution is 2.37. The molecule has 6 nitrogen and oxygen atoms in total. The molecule has 170 valence electrons. The van der Waals surface area contributed by atoms with Gasteiger partial charge in [-0.3, -0.25) is 4.90 Å². The second-order valence-electron chi connectivity index (χ2n) is 8.26. The van der Waals surface area contributed by atoms with Gasteiger partial charge >= 0.3 is 0 Å². The first-order chi connectivity index (χ1) is 16.1. The quantitative estimate of drug-likeness (QED) is 0.448. The number of halogens is 1. The Kier molecular flexibility index (Phi) is 6.22. The summed E-state index contributed by atoms with van der Waals surface area (Å²) in [5, 5.41) is 21.8. The third-order valence-electron chi connectivity index (χ3n) is 6.20. The topological polar surface area (TPSA) is 63.4 Å². The maximum Gasteiger partial charge on any atom is 0.123 e. The molecule has 4 aromatic rings. The van der Waals surface area contributed by atoms with E-state index in [2.05, 4.69) is 44.9 Å². The Balaban J connectivity index is 1.41. The number of aliphatic hydroxyl groups excluding tert-OH is 1. The van der Waals surface area contributed by atoms with Crippen molar-refractivity contribution in [3.63, 3.8) is 0 Å². The maximum absolute atomic E-state index is 13.3. The SMILES string of the molecule is COc1ccc(C2CC(O)C(n3cc(-c4ccc(F)cc4)nn3)CN2Cc2cccs2)cc1. The van der Waals surface area contributed by atoms with E-state index in [1.54, 1.807) is 35.3 Å². The van der Waals surface area contributed by atoms with Crippen LogP contribution in [0.3, 0.4) is 0 Å². The lowest BCUT2D eigenvalue weighted by molar-refractivity contribution is -0.0105. The number of benzene rings is 2. The van der Waals surface area contributed by atoms with E-state index in [0.29, 0.717) is 18.7 Å². The minimum absolute atomic E-state index is 0.0735. The fourth-order valence-corrected chi connectivity index (χ4v) is 5.16. The van der Waals surface area contributed by atoms with Gasteiger partial charge in [-0.25, -0.2) is 9.07 Å². The van der Waals surface area contributed by atoms with Crippen molar-refractivity contribution in [2.45, 2.75) is 31.2 Å². The zero-order valence-electron chi connectivity index (χ0n) is 18.2. The van der Waals surface area contributed by atoms with Gasteiger partial charge in [0.25, 0.3) is 0 Å². The van der Waals surface area contributed by atoms with Crippen molar-refractivity contribution >= 4 is 11.3 Å². The van der Waals surface area contributed by atoms with Gasteiger partial charge < -0.3 is 9.84 Å². The molecule has 2 aromatic heterocycles. The Morgan fingerprint density at radius 2 is 1.91 bits per heavy atom. The second kappa shape index (κ2) is 9.43. The molecule has 8 heteroatoms. The Labute approximate surface area is 195 Å². The molecule has 0 radical (unpaired) electrons. The van der Waals surface area contributed by atoms with Crippen LogP contribution in [0.25, 0.3) is 11.3 Å². The van der Waals surface area contributed by atoms with E-state index < -0.39 is 6.10 Å². The lowest BCUT2D eigenvalue weighted by Gasteiger charge is -2.42. The zero-order valence-corrected chi connectivity index (χ0v) is 19.0. The molecule has 5 rings (SSSR count). The number of nitrogens with zero attached hydrogens (tertiary/aromatic N) is 4. The van der Waals surface area contributed by atoms with Crippen LogP contribution < -0.4 is 4.74 Å². The number of hydrogen-bond acceptors (Lipinski definition) is 6. The summed E-state index contributed by atoms with van der Waals surface area (Å²) in [7, 11) is 1.66. The van der Waals surface area contributed by atoms with Crippen molar-refractivity contribution in [3.05, 3.63) is 88.5 Å². The van der Waals surface area contributed by atoms with Gasteiger partial charge in [-0.2, -0.15) is 0 Å². The van der Waals surface area contributed by atoms with Crippen LogP contribution in [0.2, 0.25) is 0 Å². The van der Waals surface area contributed by atoms with Crippen molar-refractivity contribution in [1.82, 2.24) is 19.9 Å². The van der Waals surface area contributed by atoms with Crippen LogP contribution in [0.4, 0.5) is 4.39 Å². The van der Waals surface area contributed by atoms with E-state index in [0.717, 1.165) is 23.4 Å². The molecule has 1 aliphatic rings. The smallest absolute Gasteiger partial charge is 0.123 e. The van der Waals surface area contributed by atoms with Crippen LogP contribution in [0.5, 0.6) is 5.75 Å². The van der Waals surface area contributed by atoms with Crippen molar-refractivity contribution in [3.8, 4) is 17.0 Å². The van der Waals surface area contributed by atoms with Gasteiger partial charge in [-0.1, -0.05) is 23.4 Å². The molecule has 3 atom stereocenters. The monoisotopic (exact) mass is 464 g/mol. The van der Waals surface area contributed by atoms with E-state index in [-0.39, 0.29) is 17.9 Å². The Morgan fingerprint density at radius 3 is 2.61 bits per heavy atom. The molecule has 1 aliphatic heterocycles. The molecule has 0 saturated carbocycles. The predicted molar refractivity (Wildman–Crippen MR) is 126 cm³/mol. The van der Waals surface area contributed by atoms with E-state index in [9.17, 15) is 9.50 Å². The van der Waals surface area contributed by atoms with Crippen LogP contribution in [0.1, 0.15) is 28.9 Å². The van der Waals surface area contributed by atoms with Gasteiger partial charge in [0.15, 0.2) is 0 Å². The molecular weight excluding hydrogens is 439 g/mol. The average molecular weight is 465 g/mol. The first kappa shape index (κ1) is 21.8. The third-order valence-corrected chi connectivity index (χ3v) is 7.06. The molecule has 2 aromatic carbocycles. The normalized spacial score (nSPS) is 21.2. The minimum Gasteiger partial charge on any atom is -0.497 e. The van der Waals surface area contributed by atoms with Crippen LogP contribution in [-0.4, -0.2) is 44.8 Å². The first-order valence-corrected chi connectivity index (χ1v) is 11.7. The lowest BCUT2D eigenvalue weighted by Crippen LogP contribution is -2.45. The summed E-state index contributed by atoms with van der Waals surface area (Å²) in [4.78, 5) is 3.67. The largest absolute Gasteiger partial charge is 0.497 e. The van der Waals surface area contributed by atoms with Gasteiger partial charge in [-0.15, -0.1) is 16.4 Å². The van der Waals surface area contributed by atoms with Gasteiger partial charge in [0.05, 0.1) is 25.5 Å². The van der Waals surface area contributed by atoms with Crippen LogP contribution in [0.15, 0.2) is 72.2 Å². The van der Waals surface area contributed by atoms with Crippen molar-refractivity contribution in [2.24, 2.45) is 0 Å². The van der Waals surface area contributed by atoms with Crippen molar-refractivity contribution in [1.29, 1.82) is 0 Å². The molecule has 0 spiro atoms. The molecule has 1 fully saturated rings. The second-order valence-corrected chi connectivity index (χ2v) is 9.29. The Morgan fingerprint density at radius 1 is 1.12 bits per heavy atom. The number of thiophene rings is 1. The number of ether oxygens (including phenoxy) is 1. The Bertz CT molecular complexity index is 1180. The van der Waals surface area contributed by atoms with Crippen LogP contribution >= 0.6 is 11.3 Å². The van der Waals surface area contributed by atoms with Gasteiger partial charge in [0.2, 0.25) is 0 Å². The van der Waals surface area contributed by atoms with E-state index >= 15 is 0 Å². The molecule has 1 N–H and O–H groups in total. The van der Waals surface area contributed by atoms with Gasteiger partial charge in [0, 0.05) is 29.6 Å². The summed E-state index contributed by atoms with van der Waals surface area (Å²) >= 11 is 1.73. The summed E-state index contributed by atoms with van der Waals surface area (Å²) < 4.78 is 20.3. The molecule has 3 heterocycles. The summed E-state index contributed by atoms with van der Waals surface area (Å²) in [5.41, 5.74) is 2.60. The van der Waals surface area contributed by atoms with E-state index in [4.69, 9.17) is 4.74 Å². The first-order valence-electron chi connectivity index (χ1n) is 10.9. The maximum atomic E-state index is 13.3. The number of rotatable bonds is 6. The highest BCUT2D eigenvalue weighted by atomic mass is 32.1. The standard InChI is InChI=1S/C25H25FN4O2S/c1-32-20-10-6-18(7-11-20)23-13-25(31)24(16-29(23)14-21-3-2-12-33-21)30-15-22(27-28-30)17-4-8-19(26)9-5-17/h2-12,15,23-25,31H,13-14,16H2,1H3. The number of methoxy groups -OCH3 is 1. The summed E-state index contributed by atoms with van der Waals surface area (Å²) in [6, 6.07) is 18.3. The summed E-state index contributed by atoms with van der Waals surface area (Å²) in [6.07, 6.45) is 1.83. The minimum atomic E-state index is -0.584. The molecule has 33 heavy (non-hydrogen) atoms. The number of likely N-dealkylation sites (tertiary alicyclic amines) is 1. The van der Waals surface area contributed by atoms with Gasteiger partial charge in [0.1, 0.15) is 17.3 Å². The van der Waals surface area contributed by atoms with E-state index in [1.165, 1.54) is 17.0 Å². The zero-order chi connectivity index (χ0) is 22.8. The van der Waals surface area contributed by atoms with Crippen molar-refractivity contribution < 1.29 is 14.2 Å². The van der Waals surface area contributed by atoms with Crippen molar-refractivity contribution in [2.75, 3.05) is 13.7 Å². The fourth-order valence-electron chi connectivity index (χ4n) is 4.43.